The molecule has 0 amide bonds. The Morgan fingerprint density at radius 1 is 1.53 bits per heavy atom. The topological polar surface area (TPSA) is 24.1 Å². The van der Waals surface area contributed by atoms with Crippen LogP contribution in [0.3, 0.4) is 0 Å². The molecule has 2 nitrogen and oxygen atoms in total. The second-order valence-electron chi connectivity index (χ2n) is 4.02. The molecule has 84 valence electrons. The Morgan fingerprint density at radius 3 is 3.13 bits per heavy atom. The van der Waals surface area contributed by atoms with E-state index in [0.29, 0.717) is 0 Å². The first-order valence-corrected chi connectivity index (χ1v) is 7.11. The minimum atomic E-state index is 0.847. The zero-order valence-electron chi connectivity index (χ0n) is 8.76. The lowest BCUT2D eigenvalue weighted by atomic mass is 10.1. The van der Waals surface area contributed by atoms with Gasteiger partial charge in [0.15, 0.2) is 0 Å². The molecule has 0 saturated carbocycles. The van der Waals surface area contributed by atoms with Crippen molar-refractivity contribution in [1.29, 1.82) is 0 Å². The van der Waals surface area contributed by atoms with E-state index in [1.807, 2.05) is 11.3 Å². The van der Waals surface area contributed by atoms with Crippen molar-refractivity contribution in [3.63, 3.8) is 0 Å². The van der Waals surface area contributed by atoms with E-state index >= 15 is 0 Å². The van der Waals surface area contributed by atoms with Gasteiger partial charge in [-0.25, -0.2) is 0 Å². The molecule has 0 bridgehead atoms. The van der Waals surface area contributed by atoms with Gasteiger partial charge in [-0.1, -0.05) is 0 Å². The summed E-state index contributed by atoms with van der Waals surface area (Å²) >= 11 is 5.32. The zero-order chi connectivity index (χ0) is 10.5. The first-order chi connectivity index (χ1) is 7.34. The van der Waals surface area contributed by atoms with Gasteiger partial charge in [0.1, 0.15) is 0 Å². The second-order valence-corrected chi connectivity index (χ2v) is 6.57. The monoisotopic (exact) mass is 288 g/mol. The lowest BCUT2D eigenvalue weighted by Crippen LogP contribution is -2.26. The van der Waals surface area contributed by atoms with Crippen molar-refractivity contribution in [2.24, 2.45) is 5.92 Å². The molecule has 1 fully saturated rings. The van der Waals surface area contributed by atoms with Gasteiger partial charge in [-0.2, -0.15) is 0 Å². The Hall–Kier alpha value is 0.1000. The number of halogens is 1. The summed E-state index contributed by atoms with van der Waals surface area (Å²) < 4.78 is 1.23. The third-order valence-electron chi connectivity index (χ3n) is 2.77. The van der Waals surface area contributed by atoms with Gasteiger partial charge in [0, 0.05) is 4.88 Å². The lowest BCUT2D eigenvalue weighted by Gasteiger charge is -2.08. The molecule has 2 heterocycles. The molecule has 0 aromatic carbocycles. The molecule has 4 heteroatoms. The highest BCUT2D eigenvalue weighted by molar-refractivity contribution is 9.11. The van der Waals surface area contributed by atoms with Crippen LogP contribution in [-0.4, -0.2) is 26.2 Å². The third kappa shape index (κ3) is 3.87. The van der Waals surface area contributed by atoms with E-state index < -0.39 is 0 Å². The zero-order valence-corrected chi connectivity index (χ0v) is 11.2. The first kappa shape index (κ1) is 11.6. The number of rotatable bonds is 5. The van der Waals surface area contributed by atoms with Gasteiger partial charge >= 0.3 is 0 Å². The van der Waals surface area contributed by atoms with Crippen LogP contribution in [-0.2, 0) is 6.42 Å². The molecule has 1 aromatic heterocycles. The van der Waals surface area contributed by atoms with Crippen LogP contribution in [0.1, 0.15) is 11.3 Å². The van der Waals surface area contributed by atoms with Crippen molar-refractivity contribution in [3.8, 4) is 0 Å². The van der Waals surface area contributed by atoms with E-state index in [-0.39, 0.29) is 0 Å². The van der Waals surface area contributed by atoms with Crippen molar-refractivity contribution in [3.05, 3.63) is 20.8 Å². The van der Waals surface area contributed by atoms with Gasteiger partial charge in [0.05, 0.1) is 3.79 Å². The fourth-order valence-corrected chi connectivity index (χ4v) is 3.38. The molecule has 1 aliphatic heterocycles. The minimum absolute atomic E-state index is 0.847. The average Bonchev–Trinajstić information content (AvgIpc) is 2.84. The van der Waals surface area contributed by atoms with Crippen molar-refractivity contribution in [1.82, 2.24) is 10.6 Å². The normalized spacial score (nSPS) is 21.0. The molecule has 0 aliphatic carbocycles. The van der Waals surface area contributed by atoms with Crippen LogP contribution in [0.5, 0.6) is 0 Å². The fraction of sp³-hybridized carbons (Fsp3) is 0.636. The number of hydrogen-bond acceptors (Lipinski definition) is 3. The largest absolute Gasteiger partial charge is 0.316 e. The van der Waals surface area contributed by atoms with E-state index in [1.165, 1.54) is 34.7 Å². The van der Waals surface area contributed by atoms with E-state index in [1.54, 1.807) is 0 Å². The summed E-state index contributed by atoms with van der Waals surface area (Å²) in [5.41, 5.74) is 0. The van der Waals surface area contributed by atoms with Gasteiger partial charge in [-0.05, 0) is 73.0 Å². The van der Waals surface area contributed by atoms with Gasteiger partial charge < -0.3 is 10.6 Å². The van der Waals surface area contributed by atoms with Crippen LogP contribution >= 0.6 is 27.3 Å². The van der Waals surface area contributed by atoms with Crippen LogP contribution in [0.15, 0.2) is 15.9 Å². The maximum Gasteiger partial charge on any atom is 0.0701 e. The highest BCUT2D eigenvalue weighted by atomic mass is 79.9. The van der Waals surface area contributed by atoms with E-state index in [9.17, 15) is 0 Å². The maximum atomic E-state index is 3.54. The quantitative estimate of drug-likeness (QED) is 0.812. The second kappa shape index (κ2) is 5.99. The highest BCUT2D eigenvalue weighted by Crippen LogP contribution is 2.22. The standard InChI is InChI=1S/C11H17BrN2S/c12-11-2-1-10(15-11)4-6-14-8-9-3-5-13-7-9/h1-2,9,13-14H,3-8H2. The molecule has 1 atom stereocenters. The molecule has 0 spiro atoms. The van der Waals surface area contributed by atoms with Crippen molar-refractivity contribution < 1.29 is 0 Å². The maximum absolute atomic E-state index is 3.54. The number of thiophene rings is 1. The molecule has 2 N–H and O–H groups in total. The first-order valence-electron chi connectivity index (χ1n) is 5.50. The van der Waals surface area contributed by atoms with Crippen LogP contribution in [0.2, 0.25) is 0 Å². The van der Waals surface area contributed by atoms with Gasteiger partial charge in [0.25, 0.3) is 0 Å². The predicted molar refractivity (Wildman–Crippen MR) is 69.6 cm³/mol. The van der Waals surface area contributed by atoms with Gasteiger partial charge in [-0.15, -0.1) is 11.3 Å². The third-order valence-corrected chi connectivity index (χ3v) is 4.46. The van der Waals surface area contributed by atoms with Crippen molar-refractivity contribution >= 4 is 27.3 Å². The summed E-state index contributed by atoms with van der Waals surface area (Å²) in [5.74, 6) is 0.847. The van der Waals surface area contributed by atoms with Crippen molar-refractivity contribution in [2.75, 3.05) is 26.2 Å². The smallest absolute Gasteiger partial charge is 0.0701 e. The Morgan fingerprint density at radius 2 is 2.47 bits per heavy atom. The summed E-state index contributed by atoms with van der Waals surface area (Å²) in [6.07, 6.45) is 2.48. The number of hydrogen-bond donors (Lipinski definition) is 2. The van der Waals surface area contributed by atoms with Crippen LogP contribution in [0, 0.1) is 5.92 Å². The Balaban J connectivity index is 1.58. The summed E-state index contributed by atoms with van der Waals surface area (Å²) in [7, 11) is 0. The van der Waals surface area contributed by atoms with E-state index in [0.717, 1.165) is 18.9 Å². The van der Waals surface area contributed by atoms with Gasteiger partial charge in [0.2, 0.25) is 0 Å². The summed E-state index contributed by atoms with van der Waals surface area (Å²) in [6, 6.07) is 4.33. The highest BCUT2D eigenvalue weighted by Gasteiger charge is 2.12. The van der Waals surface area contributed by atoms with Crippen LogP contribution in [0.4, 0.5) is 0 Å². The van der Waals surface area contributed by atoms with Crippen LogP contribution < -0.4 is 10.6 Å². The molecule has 2 rings (SSSR count). The summed E-state index contributed by atoms with van der Waals surface area (Å²) in [6.45, 7) is 4.66. The molecule has 15 heavy (non-hydrogen) atoms. The average molecular weight is 289 g/mol. The van der Waals surface area contributed by atoms with Gasteiger partial charge in [-0.3, -0.25) is 0 Å². The SMILES string of the molecule is Brc1ccc(CCNCC2CCNC2)s1. The molecule has 1 unspecified atom stereocenters. The van der Waals surface area contributed by atoms with Crippen LogP contribution in [0.25, 0.3) is 0 Å². The molecule has 1 aromatic rings. The number of nitrogens with one attached hydrogen (secondary N) is 2. The summed E-state index contributed by atoms with van der Waals surface area (Å²) in [5, 5.41) is 6.93. The molecule has 0 radical (unpaired) electrons. The Labute approximate surface area is 104 Å². The molecular weight excluding hydrogens is 272 g/mol. The summed E-state index contributed by atoms with van der Waals surface area (Å²) in [4.78, 5) is 1.46. The van der Waals surface area contributed by atoms with E-state index in [4.69, 9.17) is 0 Å². The predicted octanol–water partition coefficient (Wildman–Crippen LogP) is 2.25. The van der Waals surface area contributed by atoms with Crippen molar-refractivity contribution in [2.45, 2.75) is 12.8 Å². The lowest BCUT2D eigenvalue weighted by molar-refractivity contribution is 0.515. The molecular formula is C11H17BrN2S. The fourth-order valence-electron chi connectivity index (χ4n) is 1.89. The minimum Gasteiger partial charge on any atom is -0.316 e. The Kier molecular flexibility index (Phi) is 4.62. The molecule has 1 aliphatic rings. The Bertz CT molecular complexity index is 295. The molecule has 1 saturated heterocycles. The van der Waals surface area contributed by atoms with E-state index in [2.05, 4.69) is 38.7 Å².